The number of hydrazone groups is 1. The van der Waals surface area contributed by atoms with Crippen molar-refractivity contribution in [3.05, 3.63) is 22.5 Å². The molecule has 1 aromatic heterocycles. The third-order valence-corrected chi connectivity index (χ3v) is 5.26. The fourth-order valence-electron chi connectivity index (χ4n) is 3.62. The molecule has 2 atom stereocenters. The van der Waals surface area contributed by atoms with Crippen molar-refractivity contribution in [2.45, 2.75) is 41.5 Å². The highest BCUT2D eigenvalue weighted by molar-refractivity contribution is 6.13. The largest absolute Gasteiger partial charge is 0.465 e. The van der Waals surface area contributed by atoms with Crippen LogP contribution in [-0.4, -0.2) is 73.5 Å². The number of esters is 3. The van der Waals surface area contributed by atoms with Crippen molar-refractivity contribution in [2.24, 2.45) is 16.9 Å². The van der Waals surface area contributed by atoms with Crippen LogP contribution >= 0.6 is 0 Å². The van der Waals surface area contributed by atoms with Gasteiger partial charge in [-0.2, -0.15) is 5.10 Å². The van der Waals surface area contributed by atoms with Crippen molar-refractivity contribution in [1.82, 2.24) is 10.1 Å². The minimum atomic E-state index is -1.83. The van der Waals surface area contributed by atoms with Crippen molar-refractivity contribution in [3.63, 3.8) is 0 Å². The van der Waals surface area contributed by atoms with Crippen LogP contribution in [-0.2, 0) is 33.3 Å². The Morgan fingerprint density at radius 2 is 1.35 bits per heavy atom. The first kappa shape index (κ1) is 30.8. The molecule has 0 spiro atoms. The van der Waals surface area contributed by atoms with Crippen molar-refractivity contribution < 1.29 is 47.7 Å². The molecular weight excluding hydrogens is 492 g/mol. The summed E-state index contributed by atoms with van der Waals surface area (Å²) >= 11 is 0. The van der Waals surface area contributed by atoms with Crippen LogP contribution in [0.5, 0.6) is 0 Å². The van der Waals surface area contributed by atoms with Crippen molar-refractivity contribution in [3.8, 4) is 0 Å². The zero-order valence-electron chi connectivity index (χ0n) is 22.0. The van der Waals surface area contributed by atoms with Crippen LogP contribution in [0.15, 0.2) is 5.10 Å². The minimum Gasteiger partial charge on any atom is -0.465 e. The van der Waals surface area contributed by atoms with Gasteiger partial charge in [0.1, 0.15) is 5.92 Å². The van der Waals surface area contributed by atoms with E-state index in [0.29, 0.717) is 0 Å². The molecule has 2 unspecified atom stereocenters. The average molecular weight is 525 g/mol. The molecule has 0 aromatic carbocycles. The summed E-state index contributed by atoms with van der Waals surface area (Å²) in [6.07, 6.45) is -0.954. The molecule has 14 heteroatoms. The Balaban J connectivity index is 3.67. The Morgan fingerprint density at radius 1 is 0.838 bits per heavy atom. The van der Waals surface area contributed by atoms with E-state index in [1.165, 1.54) is 41.5 Å². The molecule has 0 saturated heterocycles. The zero-order chi connectivity index (χ0) is 28.4. The summed E-state index contributed by atoms with van der Waals surface area (Å²) in [5.41, 5.74) is 4.62. The second kappa shape index (κ2) is 13.8. The van der Waals surface area contributed by atoms with Crippen LogP contribution in [0.2, 0.25) is 0 Å². The van der Waals surface area contributed by atoms with E-state index in [-0.39, 0.29) is 41.4 Å². The van der Waals surface area contributed by atoms with Gasteiger partial charge in [-0.15, -0.1) is 0 Å². The zero-order valence-corrected chi connectivity index (χ0v) is 22.0. The van der Waals surface area contributed by atoms with Gasteiger partial charge in [-0.05, 0) is 41.5 Å². The van der Waals surface area contributed by atoms with Crippen LogP contribution in [0.25, 0.3) is 0 Å². The van der Waals surface area contributed by atoms with E-state index in [9.17, 15) is 28.8 Å². The summed E-state index contributed by atoms with van der Waals surface area (Å²) in [5.74, 6) is -7.79. The van der Waals surface area contributed by atoms with Crippen LogP contribution in [0.1, 0.15) is 59.8 Å². The highest BCUT2D eigenvalue weighted by atomic mass is 16.5. The highest BCUT2D eigenvalue weighted by Gasteiger charge is 2.44. The number of methoxy groups -OCH3 is 2. The van der Waals surface area contributed by atoms with Gasteiger partial charge in [-0.3, -0.25) is 29.3 Å². The molecule has 2 amide bonds. The first-order valence-corrected chi connectivity index (χ1v) is 11.2. The third kappa shape index (κ3) is 7.15. The molecule has 1 rings (SSSR count). The molecule has 0 aliphatic carbocycles. The van der Waals surface area contributed by atoms with Gasteiger partial charge in [-0.25, -0.2) is 15.0 Å². The standard InChI is InChI=1S/C23H32N4O10/c1-9-36-21(31)15(11(3)24-25-23(33)35-8)18(22(32)37-10-2)19(29)26-27-12(4)16(14(6)28)17(13(27)5)20(30)34-7/h15,18H,9-10H2,1-8H3,(H,25,33)(H,26,29)/b24-11+. The topological polar surface area (TPSA) is 181 Å². The molecule has 0 fully saturated rings. The fraction of sp³-hybridized carbons (Fsp3) is 0.522. The van der Waals surface area contributed by atoms with Gasteiger partial charge >= 0.3 is 24.0 Å². The molecule has 0 radical (unpaired) electrons. The minimum absolute atomic E-state index is 0.0132. The Labute approximate surface area is 213 Å². The first-order valence-electron chi connectivity index (χ1n) is 11.2. The number of hydrogen-bond donors (Lipinski definition) is 2. The average Bonchev–Trinajstić information content (AvgIpc) is 3.09. The maximum Gasteiger partial charge on any atom is 0.427 e. The van der Waals surface area contributed by atoms with Crippen LogP contribution < -0.4 is 10.9 Å². The number of carbonyl (C=O) groups excluding carboxylic acids is 6. The van der Waals surface area contributed by atoms with Crippen molar-refractivity contribution >= 4 is 41.4 Å². The number of carbonyl (C=O) groups is 6. The van der Waals surface area contributed by atoms with Gasteiger partial charge in [0, 0.05) is 5.69 Å². The fourth-order valence-corrected chi connectivity index (χ4v) is 3.62. The lowest BCUT2D eigenvalue weighted by molar-refractivity contribution is -0.160. The number of ether oxygens (including phenoxy) is 4. The lowest BCUT2D eigenvalue weighted by atomic mass is 9.87. The third-order valence-electron chi connectivity index (χ3n) is 5.26. The second-order valence-electron chi connectivity index (χ2n) is 7.60. The molecule has 2 N–H and O–H groups in total. The molecule has 0 aliphatic rings. The molecule has 1 aromatic rings. The Hall–Kier alpha value is -4.23. The molecule has 204 valence electrons. The number of nitrogens with one attached hydrogen (secondary N) is 2. The Kier molecular flexibility index (Phi) is 11.4. The SMILES string of the molecule is CCOC(=O)C(C(=O)Nn1c(C)c(C(C)=O)c(C(=O)OC)c1C)C(C(=O)OCC)/C(C)=N/NC(=O)OC. The first-order chi connectivity index (χ1) is 17.4. The Morgan fingerprint density at radius 3 is 1.81 bits per heavy atom. The van der Waals surface area contributed by atoms with Crippen LogP contribution in [0.3, 0.4) is 0 Å². The van der Waals surface area contributed by atoms with Crippen LogP contribution in [0, 0.1) is 25.7 Å². The number of hydrogen-bond acceptors (Lipinski definition) is 11. The maximum atomic E-state index is 13.5. The molecule has 0 saturated carbocycles. The molecule has 37 heavy (non-hydrogen) atoms. The van der Waals surface area contributed by atoms with E-state index in [1.807, 2.05) is 5.43 Å². The van der Waals surface area contributed by atoms with Gasteiger partial charge in [0.15, 0.2) is 11.7 Å². The van der Waals surface area contributed by atoms with Gasteiger partial charge in [0.05, 0.1) is 50.0 Å². The van der Waals surface area contributed by atoms with Gasteiger partial charge in [0.25, 0.3) is 5.91 Å². The second-order valence-corrected chi connectivity index (χ2v) is 7.60. The number of Topliss-reactive ketones (excluding diaryl/α,β-unsaturated/α-hetero) is 1. The van der Waals surface area contributed by atoms with E-state index in [1.54, 1.807) is 0 Å². The number of rotatable bonds is 11. The monoisotopic (exact) mass is 524 g/mol. The normalized spacial score (nSPS) is 12.6. The number of aromatic nitrogens is 1. The van der Waals surface area contributed by atoms with Gasteiger partial charge in [0.2, 0.25) is 0 Å². The smallest absolute Gasteiger partial charge is 0.427 e. The summed E-state index contributed by atoms with van der Waals surface area (Å²) in [6, 6.07) is 0. The number of ketones is 1. The molecule has 1 heterocycles. The van der Waals surface area contributed by atoms with Crippen molar-refractivity contribution in [2.75, 3.05) is 32.9 Å². The van der Waals surface area contributed by atoms with Gasteiger partial charge in [-0.1, -0.05) is 0 Å². The quantitative estimate of drug-likeness (QED) is 0.107. The van der Waals surface area contributed by atoms with E-state index in [2.05, 4.69) is 15.3 Å². The lowest BCUT2D eigenvalue weighted by Gasteiger charge is -2.24. The Bertz CT molecular complexity index is 1110. The predicted molar refractivity (Wildman–Crippen MR) is 129 cm³/mol. The molecular formula is C23H32N4O10. The van der Waals surface area contributed by atoms with E-state index in [4.69, 9.17) is 14.2 Å². The molecule has 0 aliphatic heterocycles. The number of nitrogens with zero attached hydrogens (tertiary/aromatic N) is 2. The maximum absolute atomic E-state index is 13.5. The summed E-state index contributed by atoms with van der Waals surface area (Å²) in [5, 5.41) is 3.75. The van der Waals surface area contributed by atoms with E-state index >= 15 is 0 Å². The molecule has 14 nitrogen and oxygen atoms in total. The van der Waals surface area contributed by atoms with E-state index in [0.717, 1.165) is 18.9 Å². The highest BCUT2D eigenvalue weighted by Crippen LogP contribution is 2.25. The summed E-state index contributed by atoms with van der Waals surface area (Å²) in [7, 11) is 2.24. The summed E-state index contributed by atoms with van der Waals surface area (Å²) in [6.45, 7) is 8.32. The van der Waals surface area contributed by atoms with Crippen molar-refractivity contribution in [1.29, 1.82) is 0 Å². The number of amides is 2. The summed E-state index contributed by atoms with van der Waals surface area (Å²) in [4.78, 5) is 75.4. The van der Waals surface area contributed by atoms with Gasteiger partial charge < -0.3 is 18.9 Å². The van der Waals surface area contributed by atoms with Crippen LogP contribution in [0.4, 0.5) is 4.79 Å². The molecule has 0 bridgehead atoms. The lowest BCUT2D eigenvalue weighted by Crippen LogP contribution is -2.46. The van der Waals surface area contributed by atoms with E-state index < -0.39 is 47.5 Å². The predicted octanol–water partition coefficient (Wildman–Crippen LogP) is 1.25. The summed E-state index contributed by atoms with van der Waals surface area (Å²) < 4.78 is 20.4.